The summed E-state index contributed by atoms with van der Waals surface area (Å²) in [6, 6.07) is 5.87. The Morgan fingerprint density at radius 2 is 2.27 bits per heavy atom. The van der Waals surface area contributed by atoms with Gasteiger partial charge in [0.15, 0.2) is 0 Å². The lowest BCUT2D eigenvalue weighted by Crippen LogP contribution is -2.12. The normalized spacial score (nSPS) is 10.5. The molecule has 1 heterocycles. The summed E-state index contributed by atoms with van der Waals surface area (Å²) in [5.41, 5.74) is 2.10. The van der Waals surface area contributed by atoms with E-state index < -0.39 is 0 Å². The smallest absolute Gasteiger partial charge is 0.301 e. The van der Waals surface area contributed by atoms with Crippen LogP contribution in [0.25, 0.3) is 0 Å². The van der Waals surface area contributed by atoms with Gasteiger partial charge in [0.25, 0.3) is 0 Å². The first-order valence-electron chi connectivity index (χ1n) is 4.56. The van der Waals surface area contributed by atoms with Gasteiger partial charge in [-0.3, -0.25) is 4.79 Å². The molecule has 0 amide bonds. The zero-order valence-electron chi connectivity index (χ0n) is 8.24. The highest BCUT2D eigenvalue weighted by Gasteiger charge is 2.03. The molecular formula is C11H10ClNOS. The molecule has 1 aromatic carbocycles. The third-order valence-electron chi connectivity index (χ3n) is 2.19. The highest BCUT2D eigenvalue weighted by molar-refractivity contribution is 7.07. The van der Waals surface area contributed by atoms with Gasteiger partial charge in [-0.05, 0) is 24.1 Å². The van der Waals surface area contributed by atoms with E-state index in [2.05, 4.69) is 0 Å². The molecule has 0 aliphatic carbocycles. The topological polar surface area (TPSA) is 22.0 Å². The summed E-state index contributed by atoms with van der Waals surface area (Å²) in [6.07, 6.45) is 1.78. The van der Waals surface area contributed by atoms with Crippen LogP contribution in [0, 0.1) is 6.92 Å². The van der Waals surface area contributed by atoms with Crippen LogP contribution in [-0.2, 0) is 6.54 Å². The standard InChI is InChI=1S/C11H10ClNOS/c1-8-2-3-9(10(12)6-8)7-13-4-5-15-11(13)14/h2-6H,7H2,1H3. The highest BCUT2D eigenvalue weighted by Crippen LogP contribution is 2.18. The van der Waals surface area contributed by atoms with E-state index in [0.717, 1.165) is 11.1 Å². The predicted molar refractivity (Wildman–Crippen MR) is 63.9 cm³/mol. The van der Waals surface area contributed by atoms with Crippen LogP contribution < -0.4 is 4.87 Å². The van der Waals surface area contributed by atoms with Crippen molar-refractivity contribution >= 4 is 22.9 Å². The van der Waals surface area contributed by atoms with Crippen molar-refractivity contribution in [2.45, 2.75) is 13.5 Å². The summed E-state index contributed by atoms with van der Waals surface area (Å²) in [6.45, 7) is 2.54. The number of nitrogens with zero attached hydrogens (tertiary/aromatic N) is 1. The van der Waals surface area contributed by atoms with Crippen molar-refractivity contribution in [1.82, 2.24) is 4.57 Å². The zero-order chi connectivity index (χ0) is 10.8. The van der Waals surface area contributed by atoms with Gasteiger partial charge >= 0.3 is 4.87 Å². The number of halogens is 1. The Labute approximate surface area is 96.8 Å². The minimum atomic E-state index is 0.0478. The lowest BCUT2D eigenvalue weighted by molar-refractivity contribution is 0.784. The maximum Gasteiger partial charge on any atom is 0.307 e. The first-order chi connectivity index (χ1) is 7.16. The number of hydrogen-bond acceptors (Lipinski definition) is 2. The van der Waals surface area contributed by atoms with E-state index in [0.29, 0.717) is 11.6 Å². The SMILES string of the molecule is Cc1ccc(Cn2ccsc2=O)c(Cl)c1. The highest BCUT2D eigenvalue weighted by atomic mass is 35.5. The fourth-order valence-corrected chi connectivity index (χ4v) is 2.25. The Balaban J connectivity index is 2.33. The van der Waals surface area contributed by atoms with E-state index in [9.17, 15) is 4.79 Å². The van der Waals surface area contributed by atoms with Gasteiger partial charge in [-0.1, -0.05) is 35.1 Å². The predicted octanol–water partition coefficient (Wildman–Crippen LogP) is 2.92. The van der Waals surface area contributed by atoms with Crippen molar-refractivity contribution < 1.29 is 0 Å². The van der Waals surface area contributed by atoms with Gasteiger partial charge in [-0.25, -0.2) is 0 Å². The van der Waals surface area contributed by atoms with Crippen molar-refractivity contribution in [3.05, 3.63) is 55.6 Å². The molecule has 2 aromatic rings. The Bertz CT molecular complexity index is 529. The number of thiazole rings is 1. The van der Waals surface area contributed by atoms with Crippen LogP contribution in [0.4, 0.5) is 0 Å². The first-order valence-corrected chi connectivity index (χ1v) is 5.81. The molecule has 15 heavy (non-hydrogen) atoms. The van der Waals surface area contributed by atoms with Gasteiger partial charge in [0.2, 0.25) is 0 Å². The lowest BCUT2D eigenvalue weighted by Gasteiger charge is -2.05. The van der Waals surface area contributed by atoms with Gasteiger partial charge < -0.3 is 4.57 Å². The molecule has 0 atom stereocenters. The van der Waals surface area contributed by atoms with Crippen molar-refractivity contribution in [3.8, 4) is 0 Å². The van der Waals surface area contributed by atoms with Gasteiger partial charge in [0.1, 0.15) is 0 Å². The molecule has 0 bridgehead atoms. The molecule has 0 radical (unpaired) electrons. The molecule has 4 heteroatoms. The minimum absolute atomic E-state index is 0.0478. The molecule has 0 N–H and O–H groups in total. The van der Waals surface area contributed by atoms with Gasteiger partial charge in [0.05, 0.1) is 6.54 Å². The Kier molecular flexibility index (Phi) is 2.93. The summed E-state index contributed by atoms with van der Waals surface area (Å²) in [5.74, 6) is 0. The number of hydrogen-bond donors (Lipinski definition) is 0. The van der Waals surface area contributed by atoms with Crippen LogP contribution >= 0.6 is 22.9 Å². The van der Waals surface area contributed by atoms with E-state index >= 15 is 0 Å². The van der Waals surface area contributed by atoms with Crippen LogP contribution in [0.2, 0.25) is 5.02 Å². The van der Waals surface area contributed by atoms with Crippen LogP contribution in [0.15, 0.2) is 34.6 Å². The van der Waals surface area contributed by atoms with E-state index in [1.807, 2.05) is 25.1 Å². The second-order valence-corrected chi connectivity index (χ2v) is 4.66. The van der Waals surface area contributed by atoms with E-state index in [-0.39, 0.29) is 4.87 Å². The zero-order valence-corrected chi connectivity index (χ0v) is 9.81. The van der Waals surface area contributed by atoms with Gasteiger partial charge in [-0.15, -0.1) is 0 Å². The minimum Gasteiger partial charge on any atom is -0.301 e. The molecule has 1 aromatic heterocycles. The number of rotatable bonds is 2. The fourth-order valence-electron chi connectivity index (χ4n) is 1.37. The average molecular weight is 240 g/mol. The third kappa shape index (κ3) is 2.30. The number of aryl methyl sites for hydroxylation is 1. The summed E-state index contributed by atoms with van der Waals surface area (Å²) in [4.78, 5) is 11.4. The van der Waals surface area contributed by atoms with E-state index in [4.69, 9.17) is 11.6 Å². The maximum absolute atomic E-state index is 11.3. The van der Waals surface area contributed by atoms with Crippen molar-refractivity contribution in [3.63, 3.8) is 0 Å². The first kappa shape index (κ1) is 10.5. The molecule has 2 rings (SSSR count). The molecule has 0 saturated heterocycles. The quantitative estimate of drug-likeness (QED) is 0.790. The Morgan fingerprint density at radius 1 is 1.47 bits per heavy atom. The van der Waals surface area contributed by atoms with E-state index in [1.165, 1.54) is 11.3 Å². The lowest BCUT2D eigenvalue weighted by atomic mass is 10.1. The summed E-state index contributed by atoms with van der Waals surface area (Å²) in [5, 5.41) is 2.50. The van der Waals surface area contributed by atoms with Gasteiger partial charge in [0, 0.05) is 16.6 Å². The fraction of sp³-hybridized carbons (Fsp3) is 0.182. The summed E-state index contributed by atoms with van der Waals surface area (Å²) in [7, 11) is 0. The molecule has 0 saturated carbocycles. The van der Waals surface area contributed by atoms with Crippen LogP contribution in [0.3, 0.4) is 0 Å². The van der Waals surface area contributed by atoms with E-state index in [1.54, 1.807) is 16.1 Å². The third-order valence-corrected chi connectivity index (χ3v) is 3.24. The molecule has 2 nitrogen and oxygen atoms in total. The molecule has 0 aliphatic rings. The molecule has 78 valence electrons. The van der Waals surface area contributed by atoms with Gasteiger partial charge in [-0.2, -0.15) is 0 Å². The Morgan fingerprint density at radius 3 is 2.87 bits per heavy atom. The molecule has 0 unspecified atom stereocenters. The number of aromatic nitrogens is 1. The maximum atomic E-state index is 11.3. The number of benzene rings is 1. The van der Waals surface area contributed by atoms with Crippen LogP contribution in [-0.4, -0.2) is 4.57 Å². The molecule has 0 spiro atoms. The second-order valence-electron chi connectivity index (χ2n) is 3.39. The van der Waals surface area contributed by atoms with Crippen molar-refractivity contribution in [2.24, 2.45) is 0 Å². The average Bonchev–Trinajstić information content (AvgIpc) is 2.57. The summed E-state index contributed by atoms with van der Waals surface area (Å²) >= 11 is 7.28. The molecule has 0 fully saturated rings. The monoisotopic (exact) mass is 239 g/mol. The summed E-state index contributed by atoms with van der Waals surface area (Å²) < 4.78 is 1.65. The Hall–Kier alpha value is -1.06. The molecular weight excluding hydrogens is 230 g/mol. The second kappa shape index (κ2) is 4.21. The van der Waals surface area contributed by atoms with Crippen LogP contribution in [0.5, 0.6) is 0 Å². The largest absolute Gasteiger partial charge is 0.307 e. The van der Waals surface area contributed by atoms with Crippen molar-refractivity contribution in [2.75, 3.05) is 0 Å². The molecule has 0 aliphatic heterocycles. The van der Waals surface area contributed by atoms with Crippen LogP contribution in [0.1, 0.15) is 11.1 Å². The van der Waals surface area contributed by atoms with Crippen molar-refractivity contribution in [1.29, 1.82) is 0 Å².